The van der Waals surface area contributed by atoms with Crippen molar-refractivity contribution in [2.75, 3.05) is 13.1 Å². The van der Waals surface area contributed by atoms with Crippen LogP contribution in [-0.4, -0.2) is 36.0 Å². The lowest BCUT2D eigenvalue weighted by molar-refractivity contribution is -0.137. The molecule has 0 spiro atoms. The van der Waals surface area contributed by atoms with Crippen LogP contribution in [-0.2, 0) is 4.79 Å². The predicted molar refractivity (Wildman–Crippen MR) is 76.5 cm³/mol. The number of rotatable bonds is 4. The monoisotopic (exact) mass is 254 g/mol. The molecule has 0 bridgehead atoms. The quantitative estimate of drug-likeness (QED) is 0.836. The normalized spacial score (nSPS) is 23.6. The van der Waals surface area contributed by atoms with Crippen molar-refractivity contribution in [1.29, 1.82) is 0 Å². The number of hydrogen-bond acceptors (Lipinski definition) is 2. The SMILES string of the molecule is CC(C)NC1CCCN(CC(C)C(C)(C)C)C1=O. The van der Waals surface area contributed by atoms with Gasteiger partial charge in [0.25, 0.3) is 0 Å². The maximum Gasteiger partial charge on any atom is 0.239 e. The molecular formula is C15H30N2O. The van der Waals surface area contributed by atoms with Gasteiger partial charge in [0.05, 0.1) is 6.04 Å². The first-order valence-electron chi connectivity index (χ1n) is 7.26. The molecule has 1 saturated heterocycles. The standard InChI is InChI=1S/C15H30N2O/c1-11(2)16-13-8-7-9-17(14(13)18)10-12(3)15(4,5)6/h11-13,16H,7-10H2,1-6H3. The lowest BCUT2D eigenvalue weighted by atomic mass is 9.81. The molecule has 0 aromatic rings. The molecule has 1 N–H and O–H groups in total. The van der Waals surface area contributed by atoms with Crippen LogP contribution in [0.2, 0.25) is 0 Å². The van der Waals surface area contributed by atoms with Crippen molar-refractivity contribution in [1.82, 2.24) is 10.2 Å². The number of carbonyl (C=O) groups is 1. The fourth-order valence-corrected chi connectivity index (χ4v) is 2.28. The van der Waals surface area contributed by atoms with E-state index >= 15 is 0 Å². The summed E-state index contributed by atoms with van der Waals surface area (Å²) in [5.41, 5.74) is 0.263. The molecule has 1 amide bonds. The fourth-order valence-electron chi connectivity index (χ4n) is 2.28. The average Bonchev–Trinajstić information content (AvgIpc) is 2.21. The van der Waals surface area contributed by atoms with Crippen LogP contribution in [0, 0.1) is 11.3 Å². The zero-order chi connectivity index (χ0) is 13.9. The molecule has 0 aromatic carbocycles. The summed E-state index contributed by atoms with van der Waals surface area (Å²) < 4.78 is 0. The highest BCUT2D eigenvalue weighted by molar-refractivity contribution is 5.82. The number of piperidine rings is 1. The molecule has 2 atom stereocenters. The summed E-state index contributed by atoms with van der Waals surface area (Å²) in [7, 11) is 0. The molecule has 1 fully saturated rings. The summed E-state index contributed by atoms with van der Waals surface area (Å²) in [4.78, 5) is 14.4. The zero-order valence-electron chi connectivity index (χ0n) is 12.9. The molecular weight excluding hydrogens is 224 g/mol. The van der Waals surface area contributed by atoms with E-state index in [1.54, 1.807) is 0 Å². The van der Waals surface area contributed by atoms with E-state index in [-0.39, 0.29) is 11.5 Å². The van der Waals surface area contributed by atoms with E-state index in [4.69, 9.17) is 0 Å². The Hall–Kier alpha value is -0.570. The largest absolute Gasteiger partial charge is 0.341 e. The van der Waals surface area contributed by atoms with E-state index in [0.717, 1.165) is 25.9 Å². The first-order valence-corrected chi connectivity index (χ1v) is 7.26. The first-order chi connectivity index (χ1) is 8.21. The highest BCUT2D eigenvalue weighted by Gasteiger charge is 2.31. The number of nitrogens with one attached hydrogen (secondary N) is 1. The van der Waals surface area contributed by atoms with E-state index in [0.29, 0.717) is 17.9 Å². The van der Waals surface area contributed by atoms with Crippen molar-refractivity contribution in [3.63, 3.8) is 0 Å². The van der Waals surface area contributed by atoms with Gasteiger partial charge < -0.3 is 10.2 Å². The van der Waals surface area contributed by atoms with Gasteiger partial charge in [0.2, 0.25) is 5.91 Å². The molecule has 106 valence electrons. The summed E-state index contributed by atoms with van der Waals surface area (Å²) in [6.07, 6.45) is 2.10. The molecule has 18 heavy (non-hydrogen) atoms. The van der Waals surface area contributed by atoms with Gasteiger partial charge in [-0.2, -0.15) is 0 Å². The lowest BCUT2D eigenvalue weighted by Gasteiger charge is -2.38. The second-order valence-corrected chi connectivity index (χ2v) is 7.07. The summed E-state index contributed by atoms with van der Waals surface area (Å²) in [6.45, 7) is 15.0. The third-order valence-corrected chi connectivity index (χ3v) is 4.04. The van der Waals surface area contributed by atoms with Gasteiger partial charge in [0.1, 0.15) is 0 Å². The Kier molecular flexibility index (Phi) is 5.20. The van der Waals surface area contributed by atoms with E-state index in [1.165, 1.54) is 0 Å². The van der Waals surface area contributed by atoms with Crippen molar-refractivity contribution >= 4 is 5.91 Å². The molecule has 1 aliphatic rings. The summed E-state index contributed by atoms with van der Waals surface area (Å²) >= 11 is 0. The van der Waals surface area contributed by atoms with Gasteiger partial charge in [-0.1, -0.05) is 41.5 Å². The third-order valence-electron chi connectivity index (χ3n) is 4.04. The van der Waals surface area contributed by atoms with Gasteiger partial charge in [0, 0.05) is 19.1 Å². The number of likely N-dealkylation sites (tertiary alicyclic amines) is 1. The van der Waals surface area contributed by atoms with Crippen molar-refractivity contribution in [2.45, 2.75) is 66.5 Å². The summed E-state index contributed by atoms with van der Waals surface area (Å²) in [5, 5.41) is 3.38. The van der Waals surface area contributed by atoms with Crippen LogP contribution >= 0.6 is 0 Å². The van der Waals surface area contributed by atoms with Crippen molar-refractivity contribution < 1.29 is 4.79 Å². The van der Waals surface area contributed by atoms with Gasteiger partial charge in [-0.05, 0) is 24.2 Å². The minimum Gasteiger partial charge on any atom is -0.341 e. The van der Waals surface area contributed by atoms with Crippen molar-refractivity contribution in [2.24, 2.45) is 11.3 Å². The van der Waals surface area contributed by atoms with Crippen molar-refractivity contribution in [3.8, 4) is 0 Å². The first kappa shape index (κ1) is 15.5. The van der Waals surface area contributed by atoms with Crippen LogP contribution < -0.4 is 5.32 Å². The molecule has 0 saturated carbocycles. The van der Waals surface area contributed by atoms with Crippen LogP contribution in [0.4, 0.5) is 0 Å². The Morgan fingerprint density at radius 2 is 1.94 bits per heavy atom. The molecule has 1 aliphatic heterocycles. The van der Waals surface area contributed by atoms with Gasteiger partial charge in [-0.15, -0.1) is 0 Å². The van der Waals surface area contributed by atoms with Crippen LogP contribution in [0.25, 0.3) is 0 Å². The Morgan fingerprint density at radius 1 is 1.33 bits per heavy atom. The Labute approximate surface area is 112 Å². The van der Waals surface area contributed by atoms with E-state index in [1.807, 2.05) is 0 Å². The molecule has 0 aromatic heterocycles. The van der Waals surface area contributed by atoms with Crippen LogP contribution in [0.3, 0.4) is 0 Å². The third kappa shape index (κ3) is 4.27. The lowest BCUT2D eigenvalue weighted by Crippen LogP contribution is -2.53. The van der Waals surface area contributed by atoms with Gasteiger partial charge in [-0.25, -0.2) is 0 Å². The highest BCUT2D eigenvalue weighted by Crippen LogP contribution is 2.27. The Bertz CT molecular complexity index is 281. The van der Waals surface area contributed by atoms with E-state index in [9.17, 15) is 4.79 Å². The van der Waals surface area contributed by atoms with Crippen LogP contribution in [0.5, 0.6) is 0 Å². The zero-order valence-corrected chi connectivity index (χ0v) is 12.9. The number of hydrogen-bond donors (Lipinski definition) is 1. The number of nitrogens with zero attached hydrogens (tertiary/aromatic N) is 1. The average molecular weight is 254 g/mol. The van der Waals surface area contributed by atoms with Crippen LogP contribution in [0.15, 0.2) is 0 Å². The summed E-state index contributed by atoms with van der Waals surface area (Å²) in [6, 6.07) is 0.407. The Morgan fingerprint density at radius 3 is 2.44 bits per heavy atom. The molecule has 1 rings (SSSR count). The molecule has 0 aliphatic carbocycles. The predicted octanol–water partition coefficient (Wildman–Crippen LogP) is 2.66. The fraction of sp³-hybridized carbons (Fsp3) is 0.933. The maximum atomic E-state index is 12.4. The molecule has 3 heteroatoms. The minimum atomic E-state index is 0.0333. The molecule has 1 heterocycles. The smallest absolute Gasteiger partial charge is 0.239 e. The molecule has 0 radical (unpaired) electrons. The summed E-state index contributed by atoms with van der Waals surface area (Å²) in [5.74, 6) is 0.824. The molecule has 2 unspecified atom stereocenters. The Balaban J connectivity index is 2.58. The van der Waals surface area contributed by atoms with E-state index in [2.05, 4.69) is 51.8 Å². The second kappa shape index (κ2) is 6.05. The van der Waals surface area contributed by atoms with Crippen molar-refractivity contribution in [3.05, 3.63) is 0 Å². The highest BCUT2D eigenvalue weighted by atomic mass is 16.2. The van der Waals surface area contributed by atoms with E-state index < -0.39 is 0 Å². The van der Waals surface area contributed by atoms with Gasteiger partial charge >= 0.3 is 0 Å². The number of amides is 1. The molecule has 3 nitrogen and oxygen atoms in total. The van der Waals surface area contributed by atoms with Gasteiger partial charge in [0.15, 0.2) is 0 Å². The van der Waals surface area contributed by atoms with Crippen LogP contribution in [0.1, 0.15) is 54.4 Å². The topological polar surface area (TPSA) is 32.3 Å². The maximum absolute atomic E-state index is 12.4. The number of carbonyl (C=O) groups excluding carboxylic acids is 1. The second-order valence-electron chi connectivity index (χ2n) is 7.07. The minimum absolute atomic E-state index is 0.0333. The van der Waals surface area contributed by atoms with Gasteiger partial charge in [-0.3, -0.25) is 4.79 Å².